The largest absolute Gasteiger partial charge is 0.302 e. The van der Waals surface area contributed by atoms with Crippen molar-refractivity contribution < 1.29 is 0 Å². The number of nitrogens with zero attached hydrogens (tertiary/aromatic N) is 1. The van der Waals surface area contributed by atoms with E-state index >= 15 is 0 Å². The molecule has 3 heteroatoms. The number of benzene rings is 1. The molecular formula is C11H16BrNS. The lowest BCUT2D eigenvalue weighted by atomic mass is 10.0. The molecule has 0 aliphatic carbocycles. The van der Waals surface area contributed by atoms with Crippen LogP contribution in [0.25, 0.3) is 0 Å². The third kappa shape index (κ3) is 3.30. The quantitative estimate of drug-likeness (QED) is 0.824. The minimum atomic E-state index is 0.463. The number of rotatable bonds is 4. The Morgan fingerprint density at radius 1 is 1.43 bits per heavy atom. The maximum Gasteiger partial charge on any atom is 0.0350 e. The minimum Gasteiger partial charge on any atom is -0.302 e. The second-order valence-electron chi connectivity index (χ2n) is 3.55. The van der Waals surface area contributed by atoms with E-state index in [9.17, 15) is 0 Å². The van der Waals surface area contributed by atoms with Crippen LogP contribution in [-0.2, 0) is 0 Å². The molecule has 1 aromatic rings. The molecule has 0 heterocycles. The fourth-order valence-corrected chi connectivity index (χ4v) is 2.22. The predicted molar refractivity (Wildman–Crippen MR) is 69.0 cm³/mol. The summed E-state index contributed by atoms with van der Waals surface area (Å²) in [5, 5.41) is 0. The van der Waals surface area contributed by atoms with E-state index in [1.54, 1.807) is 0 Å². The van der Waals surface area contributed by atoms with Gasteiger partial charge in [-0.1, -0.05) is 28.1 Å². The Labute approximate surface area is 100 Å². The van der Waals surface area contributed by atoms with Crippen LogP contribution in [0, 0.1) is 0 Å². The molecule has 0 saturated heterocycles. The topological polar surface area (TPSA) is 3.24 Å². The number of hydrogen-bond acceptors (Lipinski definition) is 2. The highest BCUT2D eigenvalue weighted by Crippen LogP contribution is 2.24. The highest BCUT2D eigenvalue weighted by atomic mass is 79.9. The Balaban J connectivity index is 2.87. The molecule has 0 spiro atoms. The molecule has 1 unspecified atom stereocenters. The lowest BCUT2D eigenvalue weighted by molar-refractivity contribution is 0.293. The molecule has 0 saturated carbocycles. The van der Waals surface area contributed by atoms with Crippen molar-refractivity contribution >= 4 is 28.6 Å². The molecule has 1 rings (SSSR count). The highest BCUT2D eigenvalue weighted by Gasteiger charge is 2.12. The zero-order valence-electron chi connectivity index (χ0n) is 8.57. The molecule has 78 valence electrons. The fourth-order valence-electron chi connectivity index (χ4n) is 1.56. The molecule has 0 bridgehead atoms. The average molecular weight is 274 g/mol. The molecule has 0 radical (unpaired) electrons. The molecule has 0 aromatic heterocycles. The molecule has 0 fully saturated rings. The first kappa shape index (κ1) is 12.1. The molecule has 0 amide bonds. The Morgan fingerprint density at radius 3 is 2.64 bits per heavy atom. The van der Waals surface area contributed by atoms with E-state index in [1.807, 2.05) is 0 Å². The van der Waals surface area contributed by atoms with Crippen LogP contribution in [-0.4, -0.2) is 24.7 Å². The Hall–Kier alpha value is 0.01000. The van der Waals surface area contributed by atoms with E-state index in [0.717, 1.165) is 16.6 Å². The highest BCUT2D eigenvalue weighted by molar-refractivity contribution is 9.10. The number of thiol groups is 1. The standard InChI is InChI=1S/C11H16BrNS/c1-13(2)11(6-7-14)9-4-3-5-10(12)8-9/h3-5,8,11,14H,6-7H2,1-2H3. The van der Waals surface area contributed by atoms with Crippen LogP contribution >= 0.6 is 28.6 Å². The van der Waals surface area contributed by atoms with Crippen LogP contribution in [0.2, 0.25) is 0 Å². The smallest absolute Gasteiger partial charge is 0.0350 e. The summed E-state index contributed by atoms with van der Waals surface area (Å²) >= 11 is 7.79. The summed E-state index contributed by atoms with van der Waals surface area (Å²) in [6, 6.07) is 8.93. The second-order valence-corrected chi connectivity index (χ2v) is 4.91. The summed E-state index contributed by atoms with van der Waals surface area (Å²) < 4.78 is 1.14. The Morgan fingerprint density at radius 2 is 2.14 bits per heavy atom. The van der Waals surface area contributed by atoms with Gasteiger partial charge in [0, 0.05) is 10.5 Å². The van der Waals surface area contributed by atoms with Crippen molar-refractivity contribution in [1.82, 2.24) is 4.90 Å². The summed E-state index contributed by atoms with van der Waals surface area (Å²) in [6.45, 7) is 0. The van der Waals surface area contributed by atoms with Gasteiger partial charge in [0.2, 0.25) is 0 Å². The second kappa shape index (κ2) is 5.79. The van der Waals surface area contributed by atoms with E-state index < -0.39 is 0 Å². The van der Waals surface area contributed by atoms with E-state index in [1.165, 1.54) is 5.56 Å². The van der Waals surface area contributed by atoms with Crippen molar-refractivity contribution in [2.75, 3.05) is 19.8 Å². The van der Waals surface area contributed by atoms with Gasteiger partial charge in [-0.3, -0.25) is 0 Å². The van der Waals surface area contributed by atoms with Crippen LogP contribution in [0.3, 0.4) is 0 Å². The van der Waals surface area contributed by atoms with Gasteiger partial charge in [-0.15, -0.1) is 0 Å². The molecule has 14 heavy (non-hydrogen) atoms. The van der Waals surface area contributed by atoms with Crippen LogP contribution in [0.4, 0.5) is 0 Å². The number of halogens is 1. The Bertz CT molecular complexity index is 288. The SMILES string of the molecule is CN(C)C(CCS)c1cccc(Br)c1. The predicted octanol–water partition coefficient (Wildman–Crippen LogP) is 3.37. The molecular weight excluding hydrogens is 258 g/mol. The van der Waals surface area contributed by atoms with Crippen molar-refractivity contribution in [3.63, 3.8) is 0 Å². The minimum absolute atomic E-state index is 0.463. The average Bonchev–Trinajstić information content (AvgIpc) is 2.13. The molecule has 1 nitrogen and oxygen atoms in total. The summed E-state index contributed by atoms with van der Waals surface area (Å²) in [4.78, 5) is 2.23. The first-order valence-corrected chi connectivity index (χ1v) is 6.10. The van der Waals surface area contributed by atoms with Gasteiger partial charge < -0.3 is 4.90 Å². The summed E-state index contributed by atoms with van der Waals surface area (Å²) in [6.07, 6.45) is 1.08. The van der Waals surface area contributed by atoms with Gasteiger partial charge in [-0.2, -0.15) is 12.6 Å². The van der Waals surface area contributed by atoms with E-state index in [0.29, 0.717) is 6.04 Å². The maximum atomic E-state index is 4.29. The van der Waals surface area contributed by atoms with Gasteiger partial charge in [-0.05, 0) is 44.0 Å². The monoisotopic (exact) mass is 273 g/mol. The Kier molecular flexibility index (Phi) is 4.99. The van der Waals surface area contributed by atoms with Crippen molar-refractivity contribution in [2.24, 2.45) is 0 Å². The van der Waals surface area contributed by atoms with Gasteiger partial charge in [0.1, 0.15) is 0 Å². The first-order chi connectivity index (χ1) is 6.65. The van der Waals surface area contributed by atoms with Crippen LogP contribution < -0.4 is 0 Å². The molecule has 0 aliphatic rings. The summed E-state index contributed by atoms with van der Waals surface area (Å²) in [5.41, 5.74) is 1.35. The van der Waals surface area contributed by atoms with Gasteiger partial charge in [-0.25, -0.2) is 0 Å². The normalized spacial score (nSPS) is 13.2. The van der Waals surface area contributed by atoms with E-state index in [4.69, 9.17) is 0 Å². The third-order valence-electron chi connectivity index (χ3n) is 2.26. The van der Waals surface area contributed by atoms with Gasteiger partial charge in [0.05, 0.1) is 0 Å². The zero-order chi connectivity index (χ0) is 10.6. The van der Waals surface area contributed by atoms with Crippen molar-refractivity contribution in [3.8, 4) is 0 Å². The zero-order valence-corrected chi connectivity index (χ0v) is 11.1. The first-order valence-electron chi connectivity index (χ1n) is 4.68. The third-order valence-corrected chi connectivity index (χ3v) is 3.01. The van der Waals surface area contributed by atoms with Crippen LogP contribution in [0.5, 0.6) is 0 Å². The lowest BCUT2D eigenvalue weighted by Gasteiger charge is -2.24. The molecule has 0 aliphatic heterocycles. The van der Waals surface area contributed by atoms with Crippen molar-refractivity contribution in [2.45, 2.75) is 12.5 Å². The van der Waals surface area contributed by atoms with E-state index in [2.05, 4.69) is 71.8 Å². The fraction of sp³-hybridized carbons (Fsp3) is 0.455. The van der Waals surface area contributed by atoms with Crippen molar-refractivity contribution in [1.29, 1.82) is 0 Å². The number of hydrogen-bond donors (Lipinski definition) is 1. The van der Waals surface area contributed by atoms with Crippen LogP contribution in [0.1, 0.15) is 18.0 Å². The van der Waals surface area contributed by atoms with E-state index in [-0.39, 0.29) is 0 Å². The lowest BCUT2D eigenvalue weighted by Crippen LogP contribution is -2.20. The summed E-state index contributed by atoms with van der Waals surface area (Å²) in [5.74, 6) is 0.912. The summed E-state index contributed by atoms with van der Waals surface area (Å²) in [7, 11) is 4.21. The maximum absolute atomic E-state index is 4.29. The van der Waals surface area contributed by atoms with Gasteiger partial charge in [0.25, 0.3) is 0 Å². The van der Waals surface area contributed by atoms with Gasteiger partial charge in [0.15, 0.2) is 0 Å². The molecule has 1 atom stereocenters. The van der Waals surface area contributed by atoms with Gasteiger partial charge >= 0.3 is 0 Å². The van der Waals surface area contributed by atoms with Crippen LogP contribution in [0.15, 0.2) is 28.7 Å². The van der Waals surface area contributed by atoms with Crippen molar-refractivity contribution in [3.05, 3.63) is 34.3 Å². The molecule has 1 aromatic carbocycles. The molecule has 0 N–H and O–H groups in total.